The van der Waals surface area contributed by atoms with Crippen molar-refractivity contribution in [2.45, 2.75) is 66.4 Å². The second kappa shape index (κ2) is 8.05. The summed E-state index contributed by atoms with van der Waals surface area (Å²) in [4.78, 5) is 39.0. The van der Waals surface area contributed by atoms with Crippen molar-refractivity contribution in [3.8, 4) is 0 Å². The average molecular weight is 431 g/mol. The fourth-order valence-electron chi connectivity index (χ4n) is 5.85. The molecule has 6 heteroatoms. The topological polar surface area (TPSA) is 78.9 Å². The van der Waals surface area contributed by atoms with E-state index in [1.54, 1.807) is 26.2 Å². The van der Waals surface area contributed by atoms with Gasteiger partial charge in [-0.05, 0) is 77.4 Å². The molecule has 2 fully saturated rings. The summed E-state index contributed by atoms with van der Waals surface area (Å²) in [7, 11) is 1.66. The molecule has 170 valence electrons. The van der Waals surface area contributed by atoms with Crippen LogP contribution in [-0.4, -0.2) is 30.4 Å². The SMILES string of the molecule is COC(C)(C)C1CCC2(C)CC1C(=O)C1(C=C(C)OC1=O)C2C=COC(=O)C=C(C)C. The van der Waals surface area contributed by atoms with E-state index in [0.717, 1.165) is 18.4 Å². The minimum atomic E-state index is -1.40. The maximum Gasteiger partial charge on any atom is 0.335 e. The first kappa shape index (κ1) is 23.5. The molecular formula is C25H34O6. The minimum Gasteiger partial charge on any atom is -0.432 e. The molecule has 2 saturated carbocycles. The Balaban J connectivity index is 2.03. The molecule has 0 saturated heterocycles. The molecule has 0 N–H and O–H groups in total. The molecule has 6 nitrogen and oxygen atoms in total. The van der Waals surface area contributed by atoms with Crippen LogP contribution in [0, 0.1) is 28.6 Å². The van der Waals surface area contributed by atoms with E-state index < -0.39 is 28.9 Å². The van der Waals surface area contributed by atoms with Crippen molar-refractivity contribution in [3.63, 3.8) is 0 Å². The Morgan fingerprint density at radius 1 is 1.29 bits per heavy atom. The average Bonchev–Trinajstić information content (AvgIpc) is 2.97. The molecule has 3 aliphatic rings. The van der Waals surface area contributed by atoms with Gasteiger partial charge < -0.3 is 14.2 Å². The minimum absolute atomic E-state index is 0.0116. The summed E-state index contributed by atoms with van der Waals surface area (Å²) in [6, 6.07) is 0. The molecule has 2 bridgehead atoms. The zero-order chi connectivity index (χ0) is 23.2. The number of cyclic esters (lactones) is 1. The largest absolute Gasteiger partial charge is 0.432 e. The lowest BCUT2D eigenvalue weighted by Gasteiger charge is -2.57. The molecule has 0 aromatic carbocycles. The first-order valence-electron chi connectivity index (χ1n) is 10.9. The van der Waals surface area contributed by atoms with Crippen molar-refractivity contribution < 1.29 is 28.6 Å². The Labute approximate surface area is 184 Å². The smallest absolute Gasteiger partial charge is 0.335 e. The molecule has 2 aliphatic carbocycles. The third-order valence-corrected chi connectivity index (χ3v) is 7.49. The zero-order valence-corrected chi connectivity index (χ0v) is 19.6. The zero-order valence-electron chi connectivity index (χ0n) is 19.6. The van der Waals surface area contributed by atoms with Crippen LogP contribution in [0.4, 0.5) is 0 Å². The van der Waals surface area contributed by atoms with E-state index in [1.807, 2.05) is 27.7 Å². The van der Waals surface area contributed by atoms with Gasteiger partial charge in [0.15, 0.2) is 11.2 Å². The highest BCUT2D eigenvalue weighted by Gasteiger charge is 2.67. The van der Waals surface area contributed by atoms with Crippen LogP contribution in [0.25, 0.3) is 0 Å². The van der Waals surface area contributed by atoms with Gasteiger partial charge in [-0.15, -0.1) is 0 Å². The highest BCUT2D eigenvalue weighted by atomic mass is 16.5. The van der Waals surface area contributed by atoms with Crippen molar-refractivity contribution >= 4 is 17.7 Å². The lowest BCUT2D eigenvalue weighted by Crippen LogP contribution is -2.61. The molecule has 5 atom stereocenters. The van der Waals surface area contributed by atoms with E-state index in [9.17, 15) is 14.4 Å². The lowest BCUT2D eigenvalue weighted by molar-refractivity contribution is -0.174. The van der Waals surface area contributed by atoms with Crippen LogP contribution in [0.1, 0.15) is 60.8 Å². The molecule has 0 amide bonds. The Bertz CT molecular complexity index is 874. The number of carbonyl (C=O) groups excluding carboxylic acids is 3. The first-order valence-corrected chi connectivity index (χ1v) is 10.9. The fraction of sp³-hybridized carbons (Fsp3) is 0.640. The van der Waals surface area contributed by atoms with Gasteiger partial charge in [-0.2, -0.15) is 0 Å². The maximum absolute atomic E-state index is 13.9. The number of Topliss-reactive ketones (excluding diaryl/α,β-unsaturated/α-hetero) is 1. The van der Waals surface area contributed by atoms with E-state index in [1.165, 1.54) is 12.3 Å². The highest BCUT2D eigenvalue weighted by Crippen LogP contribution is 2.63. The third kappa shape index (κ3) is 3.91. The number of hydrogen-bond acceptors (Lipinski definition) is 6. The summed E-state index contributed by atoms with van der Waals surface area (Å²) in [5.74, 6) is -1.45. The van der Waals surface area contributed by atoms with E-state index in [0.29, 0.717) is 12.2 Å². The van der Waals surface area contributed by atoms with Crippen LogP contribution in [0.3, 0.4) is 0 Å². The van der Waals surface area contributed by atoms with Crippen molar-refractivity contribution in [1.29, 1.82) is 0 Å². The molecule has 1 aliphatic heterocycles. The number of rotatable bonds is 5. The van der Waals surface area contributed by atoms with Crippen LogP contribution < -0.4 is 0 Å². The van der Waals surface area contributed by atoms with Crippen LogP contribution in [0.15, 0.2) is 35.8 Å². The normalized spacial score (nSPS) is 35.2. The number of ether oxygens (including phenoxy) is 3. The lowest BCUT2D eigenvalue weighted by atomic mass is 9.45. The van der Waals surface area contributed by atoms with Gasteiger partial charge in [-0.25, -0.2) is 4.79 Å². The standard InChI is InChI=1S/C25H34O6/c1-15(2)12-20(26)30-11-9-19-24(6)10-8-18(23(4,5)29-7)17(14-24)21(27)25(19)13-16(3)31-22(25)28/h9,11-13,17-19H,8,10,14H2,1-7H3. The fourth-order valence-corrected chi connectivity index (χ4v) is 5.85. The Hall–Kier alpha value is -2.21. The number of hydrogen-bond donors (Lipinski definition) is 0. The number of allylic oxidation sites excluding steroid dienone is 3. The third-order valence-electron chi connectivity index (χ3n) is 7.49. The van der Waals surface area contributed by atoms with Crippen LogP contribution in [0.2, 0.25) is 0 Å². The Morgan fingerprint density at radius 3 is 2.52 bits per heavy atom. The first-order chi connectivity index (χ1) is 14.4. The van der Waals surface area contributed by atoms with Crippen LogP contribution >= 0.6 is 0 Å². The molecule has 5 unspecified atom stereocenters. The van der Waals surface area contributed by atoms with Crippen molar-refractivity contribution in [2.75, 3.05) is 7.11 Å². The highest BCUT2D eigenvalue weighted by molar-refractivity contribution is 6.10. The summed E-state index contributed by atoms with van der Waals surface area (Å²) in [6.07, 6.45) is 8.42. The molecule has 3 rings (SSSR count). The number of ketones is 1. The Kier molecular flexibility index (Phi) is 6.09. The van der Waals surface area contributed by atoms with Crippen molar-refractivity contribution in [1.82, 2.24) is 0 Å². The van der Waals surface area contributed by atoms with Gasteiger partial charge in [-0.1, -0.05) is 12.5 Å². The van der Waals surface area contributed by atoms with Crippen LogP contribution in [-0.2, 0) is 28.6 Å². The van der Waals surface area contributed by atoms with Gasteiger partial charge in [-0.3, -0.25) is 9.59 Å². The van der Waals surface area contributed by atoms with E-state index in [4.69, 9.17) is 14.2 Å². The number of methoxy groups -OCH3 is 1. The molecule has 1 heterocycles. The van der Waals surface area contributed by atoms with Gasteiger partial charge in [0.25, 0.3) is 0 Å². The molecule has 0 aromatic rings. The predicted molar refractivity (Wildman–Crippen MR) is 115 cm³/mol. The molecular weight excluding hydrogens is 396 g/mol. The number of carbonyl (C=O) groups is 3. The summed E-state index contributed by atoms with van der Waals surface area (Å²) in [5.41, 5.74) is -1.37. The number of fused-ring (bicyclic) bond motifs is 2. The predicted octanol–water partition coefficient (Wildman–Crippen LogP) is 4.50. The monoisotopic (exact) mass is 430 g/mol. The molecule has 0 radical (unpaired) electrons. The van der Waals surface area contributed by atoms with Gasteiger partial charge in [0, 0.05) is 25.0 Å². The Morgan fingerprint density at radius 2 is 1.97 bits per heavy atom. The summed E-state index contributed by atoms with van der Waals surface area (Å²) >= 11 is 0. The molecule has 0 aromatic heterocycles. The summed E-state index contributed by atoms with van der Waals surface area (Å²) in [5, 5.41) is 0. The quantitative estimate of drug-likeness (QED) is 0.276. The van der Waals surface area contributed by atoms with Gasteiger partial charge in [0.1, 0.15) is 5.76 Å². The van der Waals surface area contributed by atoms with Gasteiger partial charge in [0.05, 0.1) is 11.9 Å². The van der Waals surface area contributed by atoms with Gasteiger partial charge in [0.2, 0.25) is 0 Å². The molecule has 1 spiro atoms. The van der Waals surface area contributed by atoms with Gasteiger partial charge >= 0.3 is 11.9 Å². The van der Waals surface area contributed by atoms with E-state index in [-0.39, 0.29) is 23.0 Å². The summed E-state index contributed by atoms with van der Waals surface area (Å²) in [6.45, 7) is 11.4. The maximum atomic E-state index is 13.9. The molecule has 31 heavy (non-hydrogen) atoms. The van der Waals surface area contributed by atoms with Crippen molar-refractivity contribution in [3.05, 3.63) is 35.8 Å². The second-order valence-electron chi connectivity index (χ2n) is 10.3. The number of esters is 2. The second-order valence-corrected chi connectivity index (χ2v) is 10.3. The summed E-state index contributed by atoms with van der Waals surface area (Å²) < 4.78 is 16.4. The van der Waals surface area contributed by atoms with Crippen LogP contribution in [0.5, 0.6) is 0 Å². The van der Waals surface area contributed by atoms with Crippen molar-refractivity contribution in [2.24, 2.45) is 28.6 Å². The van der Waals surface area contributed by atoms with E-state index in [2.05, 4.69) is 6.92 Å². The van der Waals surface area contributed by atoms with E-state index >= 15 is 0 Å².